The van der Waals surface area contributed by atoms with Crippen LogP contribution >= 0.6 is 59.1 Å². The minimum Gasteiger partial charge on any atom is -0.753 e. The Morgan fingerprint density at radius 3 is 1.50 bits per heavy atom. The monoisotopic (exact) mass is 460 g/mol. The molecule has 0 unspecified atom stereocenters. The molecule has 1 rings (SSSR count). The molecule has 1 aliphatic rings. The van der Waals surface area contributed by atoms with E-state index < -0.39 is 10.2 Å². The van der Waals surface area contributed by atoms with E-state index in [1.807, 2.05) is 0 Å². The second-order valence-corrected chi connectivity index (χ2v) is 7.32. The minimum absolute atomic E-state index is 0. The maximum Gasteiger partial charge on any atom is 3.00 e. The molecule has 13 heteroatoms. The minimum atomic E-state index is -0.886. The van der Waals surface area contributed by atoms with Crippen molar-refractivity contribution in [2.24, 2.45) is 4.40 Å². The Morgan fingerprint density at radius 2 is 1.25 bits per heavy atom. The fraction of sp³-hybridized carbons (Fsp3) is 0.545. The first-order valence-electron chi connectivity index (χ1n) is 5.34. The molecule has 0 atom stereocenters. The van der Waals surface area contributed by atoms with E-state index in [4.69, 9.17) is 21.5 Å². The quantitative estimate of drug-likeness (QED) is 0.448. The van der Waals surface area contributed by atoms with E-state index in [-0.39, 0.29) is 29.7 Å². The van der Waals surface area contributed by atoms with Gasteiger partial charge in [0.15, 0.2) is 0 Å². The van der Waals surface area contributed by atoms with Gasteiger partial charge in [0.1, 0.15) is 0 Å². The number of hydrogen-bond acceptors (Lipinski definition) is 8. The van der Waals surface area contributed by atoms with Crippen LogP contribution in [0.4, 0.5) is 0 Å². The van der Waals surface area contributed by atoms with E-state index >= 15 is 0 Å². The summed E-state index contributed by atoms with van der Waals surface area (Å²) in [6.07, 6.45) is 3.12. The fourth-order valence-corrected chi connectivity index (χ4v) is 4.97. The molecular weight excluding hydrogens is 443 g/mol. The summed E-state index contributed by atoms with van der Waals surface area (Å²) >= 11 is 15.7. The molecule has 0 aromatic rings. The average Bonchev–Trinajstić information content (AvgIpc) is 2.89. The van der Waals surface area contributed by atoms with Crippen molar-refractivity contribution in [3.8, 4) is 6.07 Å². The largest absolute Gasteiger partial charge is 3.00 e. The Bertz CT molecular complexity index is 435. The number of thiocarbonyl (C=S) groups is 4. The van der Waals surface area contributed by atoms with Crippen molar-refractivity contribution in [3.05, 3.63) is 16.2 Å². The van der Waals surface area contributed by atoms with Crippen LogP contribution < -0.4 is 12.3 Å². The van der Waals surface area contributed by atoms with Crippen molar-refractivity contribution in [2.45, 2.75) is 19.3 Å². The zero-order valence-electron chi connectivity index (χ0n) is 12.8. The molecule has 0 spiro atoms. The van der Waals surface area contributed by atoms with Gasteiger partial charge in [0.2, 0.25) is 0 Å². The standard InChI is InChI=1S/C8H12N2S2.3CNS.Cr.2H3N/c9-4-3-7-12(10-8-11)5-1-2-6-12;3*2-1-3;;;/h1-3,5-7H2;;;;;2*1H3/q;3*-1;+3;;. The number of isothiocyanates is 4. The van der Waals surface area contributed by atoms with E-state index in [2.05, 4.69) is 64.5 Å². The first kappa shape index (κ1) is 38.8. The molecule has 0 amide bonds. The summed E-state index contributed by atoms with van der Waals surface area (Å²) in [6, 6.07) is 2.18. The van der Waals surface area contributed by atoms with Crippen molar-refractivity contribution < 1.29 is 17.4 Å². The summed E-state index contributed by atoms with van der Waals surface area (Å²) in [4.78, 5) is 0. The van der Waals surface area contributed by atoms with Crippen LogP contribution in [0.25, 0.3) is 16.2 Å². The Hall–Kier alpha value is -0.508. The fourth-order valence-electron chi connectivity index (χ4n) is 1.50. The average molecular weight is 461 g/mol. The van der Waals surface area contributed by atoms with Crippen molar-refractivity contribution >= 4 is 79.7 Å². The number of nitrogens with zero attached hydrogens (tertiary/aromatic N) is 5. The molecule has 0 bridgehead atoms. The maximum atomic E-state index is 8.48. The van der Waals surface area contributed by atoms with Crippen LogP contribution in [0.2, 0.25) is 0 Å². The van der Waals surface area contributed by atoms with E-state index in [1.54, 1.807) is 0 Å². The predicted octanol–water partition coefficient (Wildman–Crippen LogP) is 4.81. The third kappa shape index (κ3) is 29.5. The molecule has 7 nitrogen and oxygen atoms in total. The zero-order valence-corrected chi connectivity index (χ0v) is 18.2. The summed E-state index contributed by atoms with van der Waals surface area (Å²) in [5, 5.41) is 36.4. The van der Waals surface area contributed by atoms with Gasteiger partial charge in [0.05, 0.1) is 11.2 Å². The number of nitriles is 1. The Kier molecular flexibility index (Phi) is 55.0. The molecular formula is C11H18CrN7S5. The van der Waals surface area contributed by atoms with E-state index in [0.29, 0.717) is 6.42 Å². The maximum absolute atomic E-state index is 8.48. The molecule has 0 aliphatic carbocycles. The normalized spacial score (nSPS) is 12.1. The molecule has 24 heavy (non-hydrogen) atoms. The summed E-state index contributed by atoms with van der Waals surface area (Å²) in [7, 11) is -0.886. The van der Waals surface area contributed by atoms with Crippen molar-refractivity contribution in [2.75, 3.05) is 17.3 Å². The smallest absolute Gasteiger partial charge is 0.753 e. The molecule has 1 aliphatic heterocycles. The van der Waals surface area contributed by atoms with Gasteiger partial charge < -0.3 is 28.5 Å². The van der Waals surface area contributed by atoms with Gasteiger partial charge in [-0.3, -0.25) is 0 Å². The third-order valence-corrected chi connectivity index (χ3v) is 5.87. The Labute approximate surface area is 177 Å². The molecule has 6 N–H and O–H groups in total. The molecule has 1 heterocycles. The van der Waals surface area contributed by atoms with E-state index in [1.165, 1.54) is 39.8 Å². The summed E-state index contributed by atoms with van der Waals surface area (Å²) in [6.45, 7) is 0. The van der Waals surface area contributed by atoms with Gasteiger partial charge in [-0.25, -0.2) is 0 Å². The van der Waals surface area contributed by atoms with Gasteiger partial charge in [-0.15, -0.1) is 10.2 Å². The molecule has 1 fully saturated rings. The third-order valence-electron chi connectivity index (χ3n) is 2.12. The number of hydrogen-bond donors (Lipinski definition) is 2. The second kappa shape index (κ2) is 34.0. The first-order chi connectivity index (χ1) is 10.1. The van der Waals surface area contributed by atoms with E-state index in [9.17, 15) is 0 Å². The number of rotatable bonds is 3. The van der Waals surface area contributed by atoms with Gasteiger partial charge >= 0.3 is 17.4 Å². The van der Waals surface area contributed by atoms with Crippen molar-refractivity contribution in [1.82, 2.24) is 12.3 Å². The van der Waals surface area contributed by atoms with Crippen LogP contribution in [0, 0.1) is 11.3 Å². The van der Waals surface area contributed by atoms with Crippen LogP contribution in [-0.4, -0.2) is 37.9 Å². The Balaban J connectivity index is -0.0000000579. The topological polar surface area (TPSA) is 173 Å². The van der Waals surface area contributed by atoms with Crippen LogP contribution in [-0.2, 0) is 17.4 Å². The SMILES string of the molecule is N.N.N#CCCS1(N=C=S)CCCC1.[Cr+3].[N-]=C=S.[N-]=C=S.[N-]=C=S. The molecule has 0 aromatic carbocycles. The van der Waals surface area contributed by atoms with Crippen LogP contribution in [0.3, 0.4) is 0 Å². The molecule has 0 saturated carbocycles. The van der Waals surface area contributed by atoms with Gasteiger partial charge in [-0.1, -0.05) is 36.7 Å². The van der Waals surface area contributed by atoms with Crippen LogP contribution in [0.15, 0.2) is 4.40 Å². The second-order valence-electron chi connectivity index (χ2n) is 3.18. The van der Waals surface area contributed by atoms with Crippen molar-refractivity contribution in [1.29, 1.82) is 5.26 Å². The molecule has 133 valence electrons. The summed E-state index contributed by atoms with van der Waals surface area (Å²) in [5.74, 6) is 3.27. The molecule has 1 saturated heterocycles. The predicted molar refractivity (Wildman–Crippen MR) is 115 cm³/mol. The molecule has 1 radical (unpaired) electrons. The van der Waals surface area contributed by atoms with Crippen LogP contribution in [0.5, 0.6) is 0 Å². The van der Waals surface area contributed by atoms with Gasteiger partial charge in [-0.05, 0) is 36.6 Å². The molecule has 0 aromatic heterocycles. The van der Waals surface area contributed by atoms with Crippen LogP contribution in [0.1, 0.15) is 19.3 Å². The first-order valence-corrected chi connectivity index (χ1v) is 9.07. The summed E-state index contributed by atoms with van der Waals surface area (Å²) in [5.41, 5.74) is 0. The Morgan fingerprint density at radius 1 is 0.917 bits per heavy atom. The van der Waals surface area contributed by atoms with E-state index in [0.717, 1.165) is 5.75 Å². The zero-order chi connectivity index (χ0) is 17.0. The van der Waals surface area contributed by atoms with Gasteiger partial charge in [0.25, 0.3) is 0 Å². The van der Waals surface area contributed by atoms with Gasteiger partial charge in [0, 0.05) is 12.2 Å². The summed E-state index contributed by atoms with van der Waals surface area (Å²) < 4.78 is 4.29. The van der Waals surface area contributed by atoms with Crippen molar-refractivity contribution in [3.63, 3.8) is 0 Å². The van der Waals surface area contributed by atoms with Gasteiger partial charge in [-0.2, -0.15) is 25.1 Å².